The molecule has 0 aliphatic heterocycles. The first-order valence-electron chi connectivity index (χ1n) is 5.42. The number of benzene rings is 1. The van der Waals surface area contributed by atoms with Gasteiger partial charge in [0.15, 0.2) is 11.5 Å². The molecule has 0 fully saturated rings. The second-order valence-corrected chi connectivity index (χ2v) is 3.70. The Hall–Kier alpha value is -1.26. The molecule has 1 aromatic rings. The predicted molar refractivity (Wildman–Crippen MR) is 62.7 cm³/mol. The fraction of sp³-hybridized carbons (Fsp3) is 0.500. The second kappa shape index (κ2) is 6.35. The van der Waals surface area contributed by atoms with Crippen LogP contribution in [-0.2, 0) is 6.54 Å². The Labute approximate surface area is 95.9 Å². The van der Waals surface area contributed by atoms with Crippen molar-refractivity contribution in [1.29, 1.82) is 0 Å². The Morgan fingerprint density at radius 3 is 2.75 bits per heavy atom. The zero-order valence-electron chi connectivity index (χ0n) is 9.73. The first-order valence-corrected chi connectivity index (χ1v) is 5.42. The molecule has 0 radical (unpaired) electrons. The molecular formula is C12H19NO3. The third-order valence-electron chi connectivity index (χ3n) is 2.42. The van der Waals surface area contributed by atoms with E-state index in [1.807, 2.05) is 13.0 Å². The molecule has 0 amide bonds. The molecule has 4 nitrogen and oxygen atoms in total. The number of phenols is 1. The predicted octanol–water partition coefficient (Wildman–Crippen LogP) is 1.26. The van der Waals surface area contributed by atoms with Crippen LogP contribution in [0.15, 0.2) is 18.2 Å². The van der Waals surface area contributed by atoms with Crippen molar-refractivity contribution in [1.82, 2.24) is 5.32 Å². The van der Waals surface area contributed by atoms with Crippen molar-refractivity contribution in [3.8, 4) is 11.5 Å². The van der Waals surface area contributed by atoms with Crippen LogP contribution in [0.5, 0.6) is 11.5 Å². The third-order valence-corrected chi connectivity index (χ3v) is 2.42. The summed E-state index contributed by atoms with van der Waals surface area (Å²) in [5.41, 5.74) is 0.960. The maximum Gasteiger partial charge on any atom is 0.160 e. The van der Waals surface area contributed by atoms with Crippen molar-refractivity contribution < 1.29 is 14.9 Å². The lowest BCUT2D eigenvalue weighted by atomic mass is 10.2. The van der Waals surface area contributed by atoms with E-state index in [1.54, 1.807) is 12.1 Å². The summed E-state index contributed by atoms with van der Waals surface area (Å²) in [6.07, 6.45) is 0.424. The Balaban J connectivity index is 2.46. The van der Waals surface area contributed by atoms with Crippen molar-refractivity contribution in [2.75, 3.05) is 13.7 Å². The Bertz CT molecular complexity index is 328. The van der Waals surface area contributed by atoms with E-state index in [-0.39, 0.29) is 11.9 Å². The van der Waals surface area contributed by atoms with Crippen LogP contribution in [0, 0.1) is 0 Å². The Kier molecular flexibility index (Phi) is 5.08. The van der Waals surface area contributed by atoms with E-state index >= 15 is 0 Å². The maximum atomic E-state index is 9.54. The van der Waals surface area contributed by atoms with Gasteiger partial charge >= 0.3 is 0 Å². The molecule has 0 saturated heterocycles. The van der Waals surface area contributed by atoms with Gasteiger partial charge in [0.25, 0.3) is 0 Å². The molecule has 0 saturated carbocycles. The molecular weight excluding hydrogens is 206 g/mol. The maximum absolute atomic E-state index is 9.54. The number of aliphatic hydroxyl groups is 1. The second-order valence-electron chi connectivity index (χ2n) is 3.70. The van der Waals surface area contributed by atoms with Gasteiger partial charge in [-0.25, -0.2) is 0 Å². The molecule has 1 rings (SSSR count). The van der Waals surface area contributed by atoms with E-state index < -0.39 is 0 Å². The van der Waals surface area contributed by atoms with Gasteiger partial charge in [-0.2, -0.15) is 0 Å². The van der Waals surface area contributed by atoms with Crippen molar-refractivity contribution in [3.05, 3.63) is 23.8 Å². The van der Waals surface area contributed by atoms with Crippen LogP contribution in [0.1, 0.15) is 18.9 Å². The standard InChI is InChI=1S/C12H19NO3/c1-3-10(14)8-13-7-9-4-5-12(16-2)11(15)6-9/h4-6,10,13-15H,3,7-8H2,1-2H3. The van der Waals surface area contributed by atoms with Crippen LogP contribution in [-0.4, -0.2) is 30.0 Å². The van der Waals surface area contributed by atoms with E-state index in [4.69, 9.17) is 4.74 Å². The molecule has 0 aliphatic carbocycles. The lowest BCUT2D eigenvalue weighted by Crippen LogP contribution is -2.25. The number of aliphatic hydroxyl groups excluding tert-OH is 1. The van der Waals surface area contributed by atoms with Crippen LogP contribution in [0.25, 0.3) is 0 Å². The van der Waals surface area contributed by atoms with Gasteiger partial charge in [-0.15, -0.1) is 0 Å². The van der Waals surface area contributed by atoms with Gasteiger partial charge < -0.3 is 20.3 Å². The molecule has 0 aromatic heterocycles. The Morgan fingerprint density at radius 1 is 1.44 bits per heavy atom. The molecule has 16 heavy (non-hydrogen) atoms. The quantitative estimate of drug-likeness (QED) is 0.682. The highest BCUT2D eigenvalue weighted by Gasteiger charge is 2.03. The minimum Gasteiger partial charge on any atom is -0.504 e. The van der Waals surface area contributed by atoms with Crippen LogP contribution in [0.4, 0.5) is 0 Å². The normalized spacial score (nSPS) is 12.4. The lowest BCUT2D eigenvalue weighted by Gasteiger charge is -2.10. The van der Waals surface area contributed by atoms with E-state index in [0.29, 0.717) is 18.8 Å². The summed E-state index contributed by atoms with van der Waals surface area (Å²) < 4.78 is 4.95. The summed E-state index contributed by atoms with van der Waals surface area (Å²) in [6.45, 7) is 3.11. The number of rotatable bonds is 6. The van der Waals surface area contributed by atoms with Crippen molar-refractivity contribution >= 4 is 0 Å². The van der Waals surface area contributed by atoms with Crippen LogP contribution < -0.4 is 10.1 Å². The van der Waals surface area contributed by atoms with Gasteiger partial charge in [-0.1, -0.05) is 13.0 Å². The zero-order valence-corrected chi connectivity index (χ0v) is 9.73. The van der Waals surface area contributed by atoms with E-state index in [2.05, 4.69) is 5.32 Å². The fourth-order valence-electron chi connectivity index (χ4n) is 1.37. The number of phenolic OH excluding ortho intramolecular Hbond substituents is 1. The average molecular weight is 225 g/mol. The SMILES string of the molecule is CCC(O)CNCc1ccc(OC)c(O)c1. The first-order chi connectivity index (χ1) is 7.67. The number of nitrogens with one attached hydrogen (secondary N) is 1. The topological polar surface area (TPSA) is 61.7 Å². The molecule has 4 heteroatoms. The minimum absolute atomic E-state index is 0.137. The average Bonchev–Trinajstić information content (AvgIpc) is 2.29. The summed E-state index contributed by atoms with van der Waals surface area (Å²) >= 11 is 0. The zero-order chi connectivity index (χ0) is 12.0. The largest absolute Gasteiger partial charge is 0.504 e. The summed E-state index contributed by atoms with van der Waals surface area (Å²) in [5, 5.41) is 22.0. The van der Waals surface area contributed by atoms with Gasteiger partial charge in [-0.05, 0) is 24.1 Å². The number of hydrogen-bond acceptors (Lipinski definition) is 4. The number of methoxy groups -OCH3 is 1. The number of aromatic hydroxyl groups is 1. The molecule has 1 aromatic carbocycles. The summed E-state index contributed by atoms with van der Waals surface area (Å²) in [5.74, 6) is 0.607. The fourth-order valence-corrected chi connectivity index (χ4v) is 1.37. The highest BCUT2D eigenvalue weighted by molar-refractivity contribution is 5.41. The third kappa shape index (κ3) is 3.72. The van der Waals surface area contributed by atoms with Gasteiger partial charge in [0.05, 0.1) is 13.2 Å². The molecule has 3 N–H and O–H groups in total. The molecule has 0 spiro atoms. The summed E-state index contributed by atoms with van der Waals surface area (Å²) in [7, 11) is 1.52. The minimum atomic E-state index is -0.313. The van der Waals surface area contributed by atoms with Crippen LogP contribution in [0.2, 0.25) is 0 Å². The monoisotopic (exact) mass is 225 g/mol. The molecule has 1 atom stereocenters. The smallest absolute Gasteiger partial charge is 0.160 e. The highest BCUT2D eigenvalue weighted by Crippen LogP contribution is 2.25. The first kappa shape index (κ1) is 12.8. The number of ether oxygens (including phenoxy) is 1. The van der Waals surface area contributed by atoms with Crippen molar-refractivity contribution in [3.63, 3.8) is 0 Å². The van der Waals surface area contributed by atoms with Gasteiger partial charge in [0, 0.05) is 13.1 Å². The van der Waals surface area contributed by atoms with Crippen molar-refractivity contribution in [2.24, 2.45) is 0 Å². The van der Waals surface area contributed by atoms with Gasteiger partial charge in [-0.3, -0.25) is 0 Å². The molecule has 0 bridgehead atoms. The van der Waals surface area contributed by atoms with Crippen LogP contribution in [0.3, 0.4) is 0 Å². The Morgan fingerprint density at radius 2 is 2.19 bits per heavy atom. The van der Waals surface area contributed by atoms with Gasteiger partial charge in [0.2, 0.25) is 0 Å². The van der Waals surface area contributed by atoms with Gasteiger partial charge in [0.1, 0.15) is 0 Å². The molecule has 0 heterocycles. The highest BCUT2D eigenvalue weighted by atomic mass is 16.5. The number of hydrogen-bond donors (Lipinski definition) is 3. The summed E-state index contributed by atoms with van der Waals surface area (Å²) in [4.78, 5) is 0. The van der Waals surface area contributed by atoms with Crippen molar-refractivity contribution in [2.45, 2.75) is 26.0 Å². The molecule has 1 unspecified atom stereocenters. The van der Waals surface area contributed by atoms with E-state index in [1.165, 1.54) is 7.11 Å². The lowest BCUT2D eigenvalue weighted by molar-refractivity contribution is 0.167. The van der Waals surface area contributed by atoms with E-state index in [9.17, 15) is 10.2 Å². The summed E-state index contributed by atoms with van der Waals surface area (Å²) in [6, 6.07) is 5.26. The van der Waals surface area contributed by atoms with Crippen LogP contribution >= 0.6 is 0 Å². The van der Waals surface area contributed by atoms with E-state index in [0.717, 1.165) is 12.0 Å². The molecule has 90 valence electrons. The molecule has 0 aliphatic rings.